The number of ether oxygens (including phenoxy) is 2. The number of fused-ring (bicyclic) bond motifs is 1. The second kappa shape index (κ2) is 11.2. The molecule has 3 aromatic heterocycles. The number of amides is 2. The molecule has 2 amide bonds. The summed E-state index contributed by atoms with van der Waals surface area (Å²) in [6, 6.07) is 2.12. The topological polar surface area (TPSA) is 97.4 Å². The standard InChI is InChI=1S/C28H36ClN7O4/c1-19-22(20-13-24(39-4)26-23(29)15-30-35(26)16-20)14-31-36(19)21-8-11-33(12-9-21)27(38)28(40-5)17-34(18-28)25(37)7-6-10-32(2)3/h6-7,13-16,21H,8-12,17-18H2,1-5H3/b7-6+. The number of methoxy groups -OCH3 is 2. The van der Waals surface area contributed by atoms with E-state index in [-0.39, 0.29) is 30.9 Å². The number of hydrogen-bond acceptors (Lipinski definition) is 7. The number of nitrogens with zero attached hydrogens (tertiary/aromatic N) is 7. The van der Waals surface area contributed by atoms with Gasteiger partial charge in [0.05, 0.1) is 43.7 Å². The third-order valence-electron chi connectivity index (χ3n) is 7.92. The summed E-state index contributed by atoms with van der Waals surface area (Å²) in [6.07, 6.45) is 10.3. The first-order chi connectivity index (χ1) is 19.2. The van der Waals surface area contributed by atoms with Gasteiger partial charge in [0, 0.05) is 55.8 Å². The average molecular weight is 570 g/mol. The Hall–Kier alpha value is -3.41. The molecule has 214 valence electrons. The van der Waals surface area contributed by atoms with Crippen LogP contribution in [0.15, 0.2) is 36.8 Å². The lowest BCUT2D eigenvalue weighted by molar-refractivity contribution is -0.182. The monoisotopic (exact) mass is 569 g/mol. The summed E-state index contributed by atoms with van der Waals surface area (Å²) in [7, 11) is 7.05. The van der Waals surface area contributed by atoms with E-state index in [0.29, 0.717) is 30.4 Å². The second-order valence-corrected chi connectivity index (χ2v) is 11.2. The molecule has 2 aliphatic heterocycles. The highest BCUT2D eigenvalue weighted by Gasteiger charge is 2.53. The van der Waals surface area contributed by atoms with Crippen molar-refractivity contribution in [2.75, 3.05) is 61.0 Å². The van der Waals surface area contributed by atoms with Gasteiger partial charge in [0.25, 0.3) is 5.91 Å². The zero-order valence-corrected chi connectivity index (χ0v) is 24.4. The van der Waals surface area contributed by atoms with E-state index in [2.05, 4.69) is 16.7 Å². The van der Waals surface area contributed by atoms with Gasteiger partial charge in [-0.25, -0.2) is 4.52 Å². The van der Waals surface area contributed by atoms with Crippen LogP contribution in [0.3, 0.4) is 0 Å². The van der Waals surface area contributed by atoms with Crippen molar-refractivity contribution in [3.8, 4) is 16.9 Å². The molecular formula is C28H36ClN7O4. The lowest BCUT2D eigenvalue weighted by Gasteiger charge is -2.49. The smallest absolute Gasteiger partial charge is 0.258 e. The van der Waals surface area contributed by atoms with Gasteiger partial charge < -0.3 is 24.2 Å². The number of aromatic nitrogens is 4. The fraction of sp³-hybridized carbons (Fsp3) is 0.500. The summed E-state index contributed by atoms with van der Waals surface area (Å²) in [5.41, 5.74) is 2.71. The summed E-state index contributed by atoms with van der Waals surface area (Å²) in [6.45, 7) is 4.48. The van der Waals surface area contributed by atoms with Crippen LogP contribution in [0.5, 0.6) is 5.75 Å². The summed E-state index contributed by atoms with van der Waals surface area (Å²) in [4.78, 5) is 31.4. The number of likely N-dealkylation sites (N-methyl/N-ethyl adjacent to an activating group) is 1. The summed E-state index contributed by atoms with van der Waals surface area (Å²) < 4.78 is 15.0. The number of likely N-dealkylation sites (tertiary alicyclic amines) is 2. The van der Waals surface area contributed by atoms with E-state index in [4.69, 9.17) is 26.2 Å². The molecule has 0 spiro atoms. The molecule has 0 radical (unpaired) electrons. The van der Waals surface area contributed by atoms with Crippen molar-refractivity contribution in [3.05, 3.63) is 47.5 Å². The molecule has 12 heteroatoms. The van der Waals surface area contributed by atoms with Gasteiger partial charge in [0.1, 0.15) is 11.3 Å². The van der Waals surface area contributed by atoms with Crippen LogP contribution in [0.4, 0.5) is 0 Å². The summed E-state index contributed by atoms with van der Waals surface area (Å²) >= 11 is 6.29. The largest absolute Gasteiger partial charge is 0.494 e. The predicted octanol–water partition coefficient (Wildman–Crippen LogP) is 2.68. The number of piperidine rings is 1. The fourth-order valence-electron chi connectivity index (χ4n) is 5.58. The Balaban J connectivity index is 1.23. The lowest BCUT2D eigenvalue weighted by atomic mass is 9.90. The van der Waals surface area contributed by atoms with Gasteiger partial charge in [-0.05, 0) is 39.9 Å². The third-order valence-corrected chi connectivity index (χ3v) is 8.20. The van der Waals surface area contributed by atoms with Gasteiger partial charge in [0.2, 0.25) is 5.91 Å². The molecule has 11 nitrogen and oxygen atoms in total. The van der Waals surface area contributed by atoms with Gasteiger partial charge in [-0.15, -0.1) is 0 Å². The van der Waals surface area contributed by atoms with Crippen LogP contribution in [0.1, 0.15) is 24.6 Å². The summed E-state index contributed by atoms with van der Waals surface area (Å²) in [5.74, 6) is 0.497. The molecule has 5 rings (SSSR count). The van der Waals surface area contributed by atoms with Gasteiger partial charge >= 0.3 is 0 Å². The van der Waals surface area contributed by atoms with Crippen LogP contribution in [0, 0.1) is 6.92 Å². The molecule has 0 aliphatic carbocycles. The predicted molar refractivity (Wildman–Crippen MR) is 152 cm³/mol. The van der Waals surface area contributed by atoms with E-state index in [1.54, 1.807) is 35.9 Å². The molecular weight excluding hydrogens is 534 g/mol. The highest BCUT2D eigenvalue weighted by molar-refractivity contribution is 6.34. The Kier molecular flexibility index (Phi) is 7.89. The molecule has 0 unspecified atom stereocenters. The number of carbonyl (C=O) groups excluding carboxylic acids is 2. The average Bonchev–Trinajstić information content (AvgIpc) is 3.50. The third kappa shape index (κ3) is 5.09. The molecule has 0 N–H and O–H groups in total. The molecule has 0 saturated carbocycles. The number of halogens is 1. The zero-order chi connectivity index (χ0) is 28.6. The van der Waals surface area contributed by atoms with Crippen LogP contribution in [0.25, 0.3) is 16.6 Å². The minimum Gasteiger partial charge on any atom is -0.494 e. The van der Waals surface area contributed by atoms with Crippen molar-refractivity contribution in [3.63, 3.8) is 0 Å². The van der Waals surface area contributed by atoms with E-state index in [1.165, 1.54) is 0 Å². The summed E-state index contributed by atoms with van der Waals surface area (Å²) in [5, 5.41) is 9.59. The van der Waals surface area contributed by atoms with Crippen LogP contribution in [-0.4, -0.2) is 113 Å². The molecule has 0 bridgehead atoms. The highest BCUT2D eigenvalue weighted by atomic mass is 35.5. The zero-order valence-electron chi connectivity index (χ0n) is 23.6. The number of rotatable bonds is 8. The maximum absolute atomic E-state index is 13.5. The number of hydrogen-bond donors (Lipinski definition) is 0. The fourth-order valence-corrected chi connectivity index (χ4v) is 5.80. The Morgan fingerprint density at radius 3 is 2.52 bits per heavy atom. The van der Waals surface area contributed by atoms with Crippen LogP contribution >= 0.6 is 11.6 Å². The van der Waals surface area contributed by atoms with E-state index in [0.717, 1.165) is 35.2 Å². The van der Waals surface area contributed by atoms with Gasteiger partial charge in [-0.3, -0.25) is 14.3 Å². The van der Waals surface area contributed by atoms with E-state index in [9.17, 15) is 9.59 Å². The Bertz CT molecular complexity index is 1430. The van der Waals surface area contributed by atoms with Crippen LogP contribution < -0.4 is 4.74 Å². The van der Waals surface area contributed by atoms with Gasteiger partial charge in [-0.2, -0.15) is 10.2 Å². The van der Waals surface area contributed by atoms with Crippen molar-refractivity contribution in [2.24, 2.45) is 0 Å². The normalized spacial score (nSPS) is 17.7. The second-order valence-electron chi connectivity index (χ2n) is 10.8. The molecule has 2 saturated heterocycles. The van der Waals surface area contributed by atoms with E-state index in [1.807, 2.05) is 48.4 Å². The molecule has 0 atom stereocenters. The Morgan fingerprint density at radius 2 is 1.88 bits per heavy atom. The van der Waals surface area contributed by atoms with Crippen molar-refractivity contribution in [2.45, 2.75) is 31.4 Å². The first-order valence-corrected chi connectivity index (χ1v) is 13.7. The first kappa shape index (κ1) is 28.1. The highest BCUT2D eigenvalue weighted by Crippen LogP contribution is 2.35. The first-order valence-electron chi connectivity index (χ1n) is 13.4. The molecule has 3 aromatic rings. The quantitative estimate of drug-likeness (QED) is 0.385. The van der Waals surface area contributed by atoms with E-state index >= 15 is 0 Å². The minimum atomic E-state index is -0.972. The minimum absolute atomic E-state index is 0.0501. The number of carbonyl (C=O) groups is 2. The molecule has 0 aromatic carbocycles. The van der Waals surface area contributed by atoms with Crippen molar-refractivity contribution in [1.82, 2.24) is 34.1 Å². The Morgan fingerprint density at radius 1 is 1.15 bits per heavy atom. The van der Waals surface area contributed by atoms with Crippen molar-refractivity contribution in [1.29, 1.82) is 0 Å². The molecule has 40 heavy (non-hydrogen) atoms. The van der Waals surface area contributed by atoms with Gasteiger partial charge in [-0.1, -0.05) is 17.7 Å². The van der Waals surface area contributed by atoms with Crippen molar-refractivity contribution >= 4 is 28.9 Å². The molecule has 2 aliphatic rings. The van der Waals surface area contributed by atoms with Gasteiger partial charge in [0.15, 0.2) is 5.60 Å². The maximum Gasteiger partial charge on any atom is 0.258 e. The molecule has 2 fully saturated rings. The number of pyridine rings is 1. The van der Waals surface area contributed by atoms with Crippen LogP contribution in [0.2, 0.25) is 5.02 Å². The van der Waals surface area contributed by atoms with Crippen LogP contribution in [-0.2, 0) is 14.3 Å². The SMILES string of the molecule is COc1cc(-c2cnn(C3CCN(C(=O)C4(OC)CN(C(=O)/C=C/CN(C)C)C4)CC3)c2C)cn2ncc(Cl)c12. The Labute approximate surface area is 238 Å². The van der Waals surface area contributed by atoms with Crippen molar-refractivity contribution < 1.29 is 19.1 Å². The van der Waals surface area contributed by atoms with E-state index < -0.39 is 5.60 Å². The molecule has 5 heterocycles. The lowest BCUT2D eigenvalue weighted by Crippen LogP contribution is -2.71. The maximum atomic E-state index is 13.5.